The second kappa shape index (κ2) is 9.48. The molecule has 4 saturated carbocycles. The van der Waals surface area contributed by atoms with Gasteiger partial charge >= 0.3 is 0 Å². The first-order chi connectivity index (χ1) is 23.3. The first-order valence-electron chi connectivity index (χ1n) is 17.2. The summed E-state index contributed by atoms with van der Waals surface area (Å²) in [5.41, 5.74) is 10.5. The van der Waals surface area contributed by atoms with Crippen LogP contribution in [0.15, 0.2) is 120 Å². The lowest BCUT2D eigenvalue weighted by Crippen LogP contribution is -2.55. The zero-order chi connectivity index (χ0) is 30.7. The normalized spacial score (nSPS) is 25.1. The summed E-state index contributed by atoms with van der Waals surface area (Å²) in [6, 6.07) is 41.0. The van der Waals surface area contributed by atoms with Crippen LogP contribution in [0.3, 0.4) is 0 Å². The van der Waals surface area contributed by atoms with E-state index in [1.54, 1.807) is 5.56 Å². The topological polar surface area (TPSA) is 51.8 Å². The van der Waals surface area contributed by atoms with Crippen LogP contribution in [0.1, 0.15) is 43.2 Å². The largest absolute Gasteiger partial charge is 0.455 e. The zero-order valence-electron chi connectivity index (χ0n) is 26.1. The SMILES string of the molecule is c1ccc(-c2nc(-c3cccc4c3C3(c5ccccc5-4)C4CC5CC(C4)CC3C5)nc(-c3cccc4c3oc3ccccc34)n2)cc1. The maximum Gasteiger partial charge on any atom is 0.167 e. The van der Waals surface area contributed by atoms with E-state index in [-0.39, 0.29) is 5.41 Å². The number of hydrogen-bond acceptors (Lipinski definition) is 4. The lowest BCUT2D eigenvalue weighted by Gasteiger charge is -2.61. The monoisotopic (exact) mass is 607 g/mol. The summed E-state index contributed by atoms with van der Waals surface area (Å²) in [5, 5.41) is 2.18. The fourth-order valence-electron chi connectivity index (χ4n) is 10.7. The van der Waals surface area contributed by atoms with Gasteiger partial charge < -0.3 is 4.42 Å². The van der Waals surface area contributed by atoms with Crippen molar-refractivity contribution in [2.45, 2.75) is 37.5 Å². The van der Waals surface area contributed by atoms with Gasteiger partial charge in [0.15, 0.2) is 17.5 Å². The number of furan rings is 1. The van der Waals surface area contributed by atoms with Crippen molar-refractivity contribution in [2.75, 3.05) is 0 Å². The molecule has 5 aliphatic carbocycles. The van der Waals surface area contributed by atoms with Gasteiger partial charge in [0.2, 0.25) is 0 Å². The molecule has 0 N–H and O–H groups in total. The van der Waals surface area contributed by atoms with Crippen LogP contribution in [-0.2, 0) is 5.41 Å². The van der Waals surface area contributed by atoms with Crippen LogP contribution in [0.2, 0.25) is 0 Å². The van der Waals surface area contributed by atoms with Crippen molar-refractivity contribution in [3.8, 4) is 45.3 Å². The van der Waals surface area contributed by atoms with Crippen LogP contribution in [0.5, 0.6) is 0 Å². The summed E-state index contributed by atoms with van der Waals surface area (Å²) in [5.74, 6) is 5.15. The van der Waals surface area contributed by atoms with E-state index in [4.69, 9.17) is 19.4 Å². The quantitative estimate of drug-likeness (QED) is 0.201. The fraction of sp³-hybridized carbons (Fsp3) is 0.233. The number of fused-ring (bicyclic) bond motifs is 6. The van der Waals surface area contributed by atoms with E-state index >= 15 is 0 Å². The summed E-state index contributed by atoms with van der Waals surface area (Å²) >= 11 is 0. The van der Waals surface area contributed by atoms with Gasteiger partial charge in [-0.3, -0.25) is 0 Å². The molecule has 4 heteroatoms. The molecular formula is C43H33N3O. The van der Waals surface area contributed by atoms with Gasteiger partial charge in [-0.25, -0.2) is 15.0 Å². The third kappa shape index (κ3) is 3.51. The van der Waals surface area contributed by atoms with Gasteiger partial charge in [-0.1, -0.05) is 103 Å². The lowest BCUT2D eigenvalue weighted by atomic mass is 9.43. The number of aromatic nitrogens is 3. The van der Waals surface area contributed by atoms with Crippen molar-refractivity contribution in [2.24, 2.45) is 23.7 Å². The Morgan fingerprint density at radius 1 is 0.489 bits per heavy atom. The van der Waals surface area contributed by atoms with Gasteiger partial charge in [0.25, 0.3) is 0 Å². The third-order valence-electron chi connectivity index (χ3n) is 12.1. The minimum atomic E-state index is 0.00833. The molecule has 0 saturated heterocycles. The molecule has 0 amide bonds. The molecular weight excluding hydrogens is 574 g/mol. The molecule has 5 aliphatic rings. The van der Waals surface area contributed by atoms with E-state index in [1.165, 1.54) is 48.8 Å². The van der Waals surface area contributed by atoms with E-state index in [1.807, 2.05) is 18.2 Å². The molecule has 7 aromatic rings. The highest BCUT2D eigenvalue weighted by Crippen LogP contribution is 2.70. The molecule has 12 rings (SSSR count). The van der Waals surface area contributed by atoms with E-state index in [0.29, 0.717) is 23.5 Å². The first-order valence-corrected chi connectivity index (χ1v) is 17.2. The molecule has 0 radical (unpaired) electrons. The van der Waals surface area contributed by atoms with E-state index in [9.17, 15) is 0 Å². The minimum absolute atomic E-state index is 0.00833. The maximum atomic E-state index is 6.50. The summed E-state index contributed by atoms with van der Waals surface area (Å²) in [6.07, 6.45) is 6.77. The molecule has 5 aromatic carbocycles. The van der Waals surface area contributed by atoms with Gasteiger partial charge in [0.05, 0.1) is 5.56 Å². The van der Waals surface area contributed by atoms with Crippen LogP contribution < -0.4 is 0 Å². The van der Waals surface area contributed by atoms with Crippen molar-refractivity contribution in [1.82, 2.24) is 15.0 Å². The second-order valence-electron chi connectivity index (χ2n) is 14.4. The Labute approximate surface area is 273 Å². The predicted octanol–water partition coefficient (Wildman–Crippen LogP) is 10.5. The third-order valence-corrected chi connectivity index (χ3v) is 12.1. The van der Waals surface area contributed by atoms with Crippen molar-refractivity contribution >= 4 is 21.9 Å². The van der Waals surface area contributed by atoms with E-state index in [0.717, 1.165) is 56.3 Å². The van der Waals surface area contributed by atoms with Crippen molar-refractivity contribution < 1.29 is 4.42 Å². The van der Waals surface area contributed by atoms with Crippen molar-refractivity contribution in [1.29, 1.82) is 0 Å². The van der Waals surface area contributed by atoms with Crippen molar-refractivity contribution in [3.63, 3.8) is 0 Å². The molecule has 47 heavy (non-hydrogen) atoms. The number of benzene rings is 5. The lowest BCUT2D eigenvalue weighted by molar-refractivity contribution is -0.0397. The average Bonchev–Trinajstić information content (AvgIpc) is 3.65. The van der Waals surface area contributed by atoms with Gasteiger partial charge in [0.1, 0.15) is 11.2 Å². The molecule has 2 aromatic heterocycles. The Bertz CT molecular complexity index is 2360. The molecule has 0 atom stereocenters. The van der Waals surface area contributed by atoms with Gasteiger partial charge in [-0.2, -0.15) is 0 Å². The van der Waals surface area contributed by atoms with Crippen LogP contribution >= 0.6 is 0 Å². The van der Waals surface area contributed by atoms with Crippen molar-refractivity contribution in [3.05, 3.63) is 126 Å². The maximum absolute atomic E-state index is 6.50. The van der Waals surface area contributed by atoms with E-state index in [2.05, 4.69) is 97.1 Å². The van der Waals surface area contributed by atoms with Gasteiger partial charge in [-0.15, -0.1) is 0 Å². The molecule has 0 aliphatic heterocycles. The standard InChI is InChI=1S/C43H33N3O/c1-2-10-27(11-3-1)40-44-41(46-42(45-40)35-17-9-15-33-31-13-5-7-19-37(31)47-39(33)35)34-16-8-14-32-30-12-4-6-18-36(30)43(38(32)34)28-21-25-20-26(23-28)24-29(43)22-25/h1-19,25-26,28-29H,20-24H2. The summed E-state index contributed by atoms with van der Waals surface area (Å²) in [7, 11) is 0. The Morgan fingerprint density at radius 2 is 1.09 bits per heavy atom. The number of hydrogen-bond donors (Lipinski definition) is 0. The number of nitrogens with zero attached hydrogens (tertiary/aromatic N) is 3. The molecule has 4 nitrogen and oxygen atoms in total. The first kappa shape index (κ1) is 26.0. The zero-order valence-corrected chi connectivity index (χ0v) is 26.1. The van der Waals surface area contributed by atoms with Crippen LogP contribution in [-0.4, -0.2) is 15.0 Å². The Balaban J connectivity index is 1.19. The molecule has 4 fully saturated rings. The average molecular weight is 608 g/mol. The Morgan fingerprint density at radius 3 is 1.91 bits per heavy atom. The minimum Gasteiger partial charge on any atom is -0.455 e. The Kier molecular flexibility index (Phi) is 5.25. The fourth-order valence-corrected chi connectivity index (χ4v) is 10.7. The van der Waals surface area contributed by atoms with Gasteiger partial charge in [0, 0.05) is 27.3 Å². The molecule has 2 heterocycles. The smallest absolute Gasteiger partial charge is 0.167 e. The van der Waals surface area contributed by atoms with Crippen LogP contribution in [0.4, 0.5) is 0 Å². The Hall–Kier alpha value is -5.09. The summed E-state index contributed by atoms with van der Waals surface area (Å²) in [6.45, 7) is 0. The van der Waals surface area contributed by atoms with Gasteiger partial charge in [-0.05, 0) is 90.2 Å². The van der Waals surface area contributed by atoms with E-state index < -0.39 is 0 Å². The number of para-hydroxylation sites is 2. The predicted molar refractivity (Wildman–Crippen MR) is 187 cm³/mol. The highest BCUT2D eigenvalue weighted by atomic mass is 16.3. The molecule has 226 valence electrons. The highest BCUT2D eigenvalue weighted by Gasteiger charge is 2.62. The molecule has 1 spiro atoms. The van der Waals surface area contributed by atoms with Crippen LogP contribution in [0.25, 0.3) is 67.2 Å². The van der Waals surface area contributed by atoms with Crippen LogP contribution in [0, 0.1) is 23.7 Å². The summed E-state index contributed by atoms with van der Waals surface area (Å²) in [4.78, 5) is 15.8. The molecule has 4 bridgehead atoms. The highest BCUT2D eigenvalue weighted by molar-refractivity contribution is 6.09. The number of rotatable bonds is 3. The summed E-state index contributed by atoms with van der Waals surface area (Å²) < 4.78 is 6.50. The second-order valence-corrected chi connectivity index (χ2v) is 14.4. The molecule has 0 unspecified atom stereocenters.